The molecule has 2 aromatic carbocycles. The topological polar surface area (TPSA) is 84.8 Å². The van der Waals surface area contributed by atoms with Gasteiger partial charge in [0.15, 0.2) is 5.75 Å². The van der Waals surface area contributed by atoms with Gasteiger partial charge >= 0.3 is 0 Å². The van der Waals surface area contributed by atoms with Gasteiger partial charge in [0, 0.05) is 28.1 Å². The molecule has 3 heterocycles. The standard InChI is InChI=1S/C22H13ClN4O/c23-21-15(10-13-4-1-2-6-17(13)27-21)18-14-8-7-12-5-3-9-26-19(12)20(14)28-22(25)16(18)11-24/h1-10,18H,25H2. The first-order chi connectivity index (χ1) is 13.7. The van der Waals surface area contributed by atoms with E-state index in [4.69, 9.17) is 22.1 Å². The molecular weight excluding hydrogens is 372 g/mol. The van der Waals surface area contributed by atoms with Crippen molar-refractivity contribution in [2.75, 3.05) is 0 Å². The van der Waals surface area contributed by atoms with Crippen LogP contribution in [-0.2, 0) is 0 Å². The highest BCUT2D eigenvalue weighted by molar-refractivity contribution is 6.30. The Hall–Kier alpha value is -3.62. The number of allylic oxidation sites excluding steroid dienone is 1. The molecule has 4 aromatic rings. The van der Waals surface area contributed by atoms with Gasteiger partial charge in [0.1, 0.15) is 22.3 Å². The molecule has 0 amide bonds. The van der Waals surface area contributed by atoms with Crippen molar-refractivity contribution < 1.29 is 4.74 Å². The summed E-state index contributed by atoms with van der Waals surface area (Å²) in [5.41, 5.74) is 9.41. The number of rotatable bonds is 1. The second-order valence-corrected chi connectivity index (χ2v) is 6.90. The Balaban J connectivity index is 1.83. The molecule has 6 heteroatoms. The number of para-hydroxylation sites is 1. The lowest BCUT2D eigenvalue weighted by Crippen LogP contribution is -2.21. The van der Waals surface area contributed by atoms with E-state index in [1.807, 2.05) is 54.6 Å². The van der Waals surface area contributed by atoms with Crippen LogP contribution in [0.15, 0.2) is 72.3 Å². The normalized spacial score (nSPS) is 15.9. The zero-order chi connectivity index (χ0) is 19.3. The van der Waals surface area contributed by atoms with E-state index in [1.54, 1.807) is 6.20 Å². The van der Waals surface area contributed by atoms with E-state index >= 15 is 0 Å². The van der Waals surface area contributed by atoms with E-state index in [1.165, 1.54) is 0 Å². The minimum Gasteiger partial charge on any atom is -0.438 e. The van der Waals surface area contributed by atoms with Crippen LogP contribution in [0.5, 0.6) is 5.75 Å². The summed E-state index contributed by atoms with van der Waals surface area (Å²) in [6.07, 6.45) is 1.70. The number of pyridine rings is 2. The Morgan fingerprint density at radius 1 is 1.04 bits per heavy atom. The van der Waals surface area contributed by atoms with E-state index in [0.717, 1.165) is 21.9 Å². The fourth-order valence-corrected chi connectivity index (χ4v) is 3.94. The molecule has 134 valence electrons. The summed E-state index contributed by atoms with van der Waals surface area (Å²) < 4.78 is 5.84. The van der Waals surface area contributed by atoms with E-state index in [0.29, 0.717) is 27.6 Å². The first-order valence-electron chi connectivity index (χ1n) is 8.68. The summed E-state index contributed by atoms with van der Waals surface area (Å²) >= 11 is 6.55. The minimum atomic E-state index is -0.482. The lowest BCUT2D eigenvalue weighted by atomic mass is 9.83. The first kappa shape index (κ1) is 16.5. The van der Waals surface area contributed by atoms with Gasteiger partial charge in [0.05, 0.1) is 11.4 Å². The molecule has 0 saturated carbocycles. The second kappa shape index (κ2) is 6.22. The second-order valence-electron chi connectivity index (χ2n) is 6.54. The predicted octanol–water partition coefficient (Wildman–Crippen LogP) is 4.65. The van der Waals surface area contributed by atoms with E-state index in [2.05, 4.69) is 16.0 Å². The van der Waals surface area contributed by atoms with E-state index < -0.39 is 5.92 Å². The molecule has 0 bridgehead atoms. The molecule has 1 atom stereocenters. The van der Waals surface area contributed by atoms with Crippen LogP contribution in [0, 0.1) is 11.3 Å². The number of hydrogen-bond acceptors (Lipinski definition) is 5. The highest BCUT2D eigenvalue weighted by Crippen LogP contribution is 2.46. The molecule has 0 radical (unpaired) electrons. The van der Waals surface area contributed by atoms with Gasteiger partial charge in [0.2, 0.25) is 5.88 Å². The summed E-state index contributed by atoms with van der Waals surface area (Å²) in [5, 5.41) is 12.0. The Morgan fingerprint density at radius 2 is 1.86 bits per heavy atom. The molecular formula is C22H13ClN4O. The average molecular weight is 385 g/mol. The maximum atomic E-state index is 9.79. The van der Waals surface area contributed by atoms with Crippen LogP contribution in [0.3, 0.4) is 0 Å². The van der Waals surface area contributed by atoms with Crippen LogP contribution < -0.4 is 10.5 Å². The summed E-state index contributed by atoms with van der Waals surface area (Å²) in [4.78, 5) is 8.96. The summed E-state index contributed by atoms with van der Waals surface area (Å²) in [7, 11) is 0. The Bertz CT molecular complexity index is 1340. The van der Waals surface area contributed by atoms with Gasteiger partial charge in [-0.3, -0.25) is 4.98 Å². The molecule has 0 aliphatic carbocycles. The van der Waals surface area contributed by atoms with Gasteiger partial charge in [-0.2, -0.15) is 5.26 Å². The van der Waals surface area contributed by atoms with Crippen LogP contribution in [-0.4, -0.2) is 9.97 Å². The van der Waals surface area contributed by atoms with Gasteiger partial charge in [-0.15, -0.1) is 0 Å². The SMILES string of the molecule is N#CC1=C(N)Oc2c(ccc3cccnc23)C1c1cc2ccccc2nc1Cl. The average Bonchev–Trinajstić information content (AvgIpc) is 2.72. The quantitative estimate of drug-likeness (QED) is 0.482. The number of nitrogens with zero attached hydrogens (tertiary/aromatic N) is 3. The van der Waals surface area contributed by atoms with Crippen molar-refractivity contribution in [3.63, 3.8) is 0 Å². The first-order valence-corrected chi connectivity index (χ1v) is 9.05. The fourth-order valence-electron chi connectivity index (χ4n) is 3.69. The molecule has 0 saturated heterocycles. The van der Waals surface area contributed by atoms with Crippen LogP contribution >= 0.6 is 11.6 Å². The third-order valence-electron chi connectivity index (χ3n) is 4.97. The molecule has 0 spiro atoms. The van der Waals surface area contributed by atoms with Crippen LogP contribution in [0.1, 0.15) is 17.0 Å². The Morgan fingerprint density at radius 3 is 2.71 bits per heavy atom. The smallest absolute Gasteiger partial charge is 0.205 e. The maximum absolute atomic E-state index is 9.79. The van der Waals surface area contributed by atoms with Crippen molar-refractivity contribution >= 4 is 33.4 Å². The minimum absolute atomic E-state index is 0.0578. The van der Waals surface area contributed by atoms with E-state index in [9.17, 15) is 5.26 Å². The molecule has 1 aliphatic rings. The number of nitriles is 1. The summed E-state index contributed by atoms with van der Waals surface area (Å²) in [6, 6.07) is 19.5. The zero-order valence-corrected chi connectivity index (χ0v) is 15.3. The number of fused-ring (bicyclic) bond motifs is 4. The number of hydrogen-bond donors (Lipinski definition) is 1. The van der Waals surface area contributed by atoms with Gasteiger partial charge in [-0.25, -0.2) is 4.98 Å². The number of ether oxygens (including phenoxy) is 1. The highest BCUT2D eigenvalue weighted by atomic mass is 35.5. The van der Waals surface area contributed by atoms with Gasteiger partial charge in [-0.05, 0) is 18.2 Å². The molecule has 2 aromatic heterocycles. The molecule has 28 heavy (non-hydrogen) atoms. The number of nitrogens with two attached hydrogens (primary N) is 1. The fraction of sp³-hybridized carbons (Fsp3) is 0.0455. The molecule has 0 fully saturated rings. The third-order valence-corrected chi connectivity index (χ3v) is 5.27. The molecule has 5 nitrogen and oxygen atoms in total. The largest absolute Gasteiger partial charge is 0.438 e. The Kier molecular flexibility index (Phi) is 3.68. The van der Waals surface area contributed by atoms with Gasteiger partial charge < -0.3 is 10.5 Å². The highest BCUT2D eigenvalue weighted by Gasteiger charge is 2.33. The van der Waals surface area contributed by atoms with E-state index in [-0.39, 0.29) is 5.88 Å². The van der Waals surface area contributed by atoms with Crippen molar-refractivity contribution in [2.45, 2.75) is 5.92 Å². The van der Waals surface area contributed by atoms with Crippen LogP contribution in [0.2, 0.25) is 5.15 Å². The van der Waals surface area contributed by atoms with Gasteiger partial charge in [0.25, 0.3) is 0 Å². The molecule has 1 aliphatic heterocycles. The number of benzene rings is 2. The van der Waals surface area contributed by atoms with Gasteiger partial charge in [-0.1, -0.05) is 48.0 Å². The van der Waals surface area contributed by atoms with Crippen molar-refractivity contribution in [2.24, 2.45) is 5.73 Å². The van der Waals surface area contributed by atoms with Crippen LogP contribution in [0.25, 0.3) is 21.8 Å². The molecule has 5 rings (SSSR count). The number of aromatic nitrogens is 2. The lowest BCUT2D eigenvalue weighted by Gasteiger charge is -2.27. The summed E-state index contributed by atoms with van der Waals surface area (Å²) in [5.74, 6) is 0.121. The summed E-state index contributed by atoms with van der Waals surface area (Å²) in [6.45, 7) is 0. The Labute approximate surface area is 165 Å². The van der Waals surface area contributed by atoms with Crippen molar-refractivity contribution in [1.82, 2.24) is 9.97 Å². The van der Waals surface area contributed by atoms with Crippen LogP contribution in [0.4, 0.5) is 0 Å². The van der Waals surface area contributed by atoms with Crippen molar-refractivity contribution in [1.29, 1.82) is 5.26 Å². The molecule has 2 N–H and O–H groups in total. The monoisotopic (exact) mass is 384 g/mol. The number of halogens is 1. The van der Waals surface area contributed by atoms with Crippen molar-refractivity contribution in [3.8, 4) is 11.8 Å². The van der Waals surface area contributed by atoms with Crippen molar-refractivity contribution in [3.05, 3.63) is 88.5 Å². The zero-order valence-electron chi connectivity index (χ0n) is 14.6. The lowest BCUT2D eigenvalue weighted by molar-refractivity contribution is 0.397. The predicted molar refractivity (Wildman–Crippen MR) is 108 cm³/mol. The maximum Gasteiger partial charge on any atom is 0.205 e. The third kappa shape index (κ3) is 2.39. The molecule has 1 unspecified atom stereocenters.